The molecule has 5 aromatic rings. The van der Waals surface area contributed by atoms with E-state index >= 15 is 0 Å². The number of nitrogens with zero attached hydrogens (tertiary/aromatic N) is 1. The molecule has 1 heterocycles. The fourth-order valence-electron chi connectivity index (χ4n) is 3.61. The molecule has 0 aliphatic heterocycles. The molecule has 0 unspecified atom stereocenters. The van der Waals surface area contributed by atoms with Gasteiger partial charge in [0.2, 0.25) is 0 Å². The normalized spacial score (nSPS) is 10.8. The number of carbonyl (C=O) groups is 1. The number of ether oxygens (including phenoxy) is 1. The zero-order valence-electron chi connectivity index (χ0n) is 16.6. The highest BCUT2D eigenvalue weighted by atomic mass is 16.5. The summed E-state index contributed by atoms with van der Waals surface area (Å²) in [4.78, 5) is 17.3. The van der Waals surface area contributed by atoms with Gasteiger partial charge >= 0.3 is 0 Å². The maximum absolute atomic E-state index is 12.9. The first-order valence-electron chi connectivity index (χ1n) is 9.89. The molecule has 4 aromatic carbocycles. The third-order valence-corrected chi connectivity index (χ3v) is 5.14. The van der Waals surface area contributed by atoms with Crippen molar-refractivity contribution < 1.29 is 9.53 Å². The van der Waals surface area contributed by atoms with Crippen molar-refractivity contribution in [1.82, 2.24) is 4.98 Å². The number of nitrogen functional groups attached to an aromatic ring is 1. The molecule has 5 nitrogen and oxygen atoms in total. The molecule has 1 amide bonds. The fourth-order valence-corrected chi connectivity index (χ4v) is 3.61. The van der Waals surface area contributed by atoms with Gasteiger partial charge in [-0.25, -0.2) is 0 Å². The molecular weight excluding hydrogens is 386 g/mol. The van der Waals surface area contributed by atoms with Gasteiger partial charge < -0.3 is 15.8 Å². The number of carbonyl (C=O) groups excluding carboxylic acids is 1. The van der Waals surface area contributed by atoms with E-state index in [9.17, 15) is 4.79 Å². The van der Waals surface area contributed by atoms with Crippen LogP contribution in [0, 0.1) is 0 Å². The van der Waals surface area contributed by atoms with Crippen LogP contribution in [-0.4, -0.2) is 10.9 Å². The van der Waals surface area contributed by atoms with Gasteiger partial charge in [-0.15, -0.1) is 0 Å². The number of fused-ring (bicyclic) bond motifs is 2. The first kappa shape index (κ1) is 18.6. The minimum Gasteiger partial charge on any atom is -0.457 e. The minimum atomic E-state index is -0.211. The summed E-state index contributed by atoms with van der Waals surface area (Å²) in [7, 11) is 0. The Kier molecular flexibility index (Phi) is 4.69. The first-order chi connectivity index (χ1) is 15.2. The smallest absolute Gasteiger partial charge is 0.256 e. The minimum absolute atomic E-state index is 0.211. The Morgan fingerprint density at radius 3 is 2.58 bits per heavy atom. The van der Waals surface area contributed by atoms with E-state index < -0.39 is 0 Å². The molecule has 0 saturated carbocycles. The summed E-state index contributed by atoms with van der Waals surface area (Å²) in [5, 5.41) is 5.58. The van der Waals surface area contributed by atoms with Crippen molar-refractivity contribution in [3.8, 4) is 11.5 Å². The Bertz CT molecular complexity index is 1420. The van der Waals surface area contributed by atoms with Gasteiger partial charge in [0.05, 0.1) is 16.9 Å². The lowest BCUT2D eigenvalue weighted by molar-refractivity contribution is 0.102. The summed E-state index contributed by atoms with van der Waals surface area (Å²) in [6, 6.07) is 28.2. The number of rotatable bonds is 4. The van der Waals surface area contributed by atoms with Crippen molar-refractivity contribution in [2.75, 3.05) is 11.1 Å². The van der Waals surface area contributed by atoms with Crippen molar-refractivity contribution in [3.05, 3.63) is 103 Å². The number of para-hydroxylation sites is 3. The average molecular weight is 405 g/mol. The summed E-state index contributed by atoms with van der Waals surface area (Å²) in [5.41, 5.74) is 8.52. The SMILES string of the molecule is Nc1ccccc1NC(=O)c1cccc2cc(Oc3ccnc4ccccc34)ccc12. The molecule has 150 valence electrons. The zero-order chi connectivity index (χ0) is 21.2. The number of pyridine rings is 1. The number of nitrogens with two attached hydrogens (primary N) is 1. The van der Waals surface area contributed by atoms with E-state index in [2.05, 4.69) is 10.3 Å². The van der Waals surface area contributed by atoms with Crippen LogP contribution < -0.4 is 15.8 Å². The lowest BCUT2D eigenvalue weighted by Gasteiger charge is -2.12. The van der Waals surface area contributed by atoms with E-state index in [1.807, 2.05) is 72.8 Å². The second-order valence-corrected chi connectivity index (χ2v) is 7.16. The van der Waals surface area contributed by atoms with Crippen LogP contribution in [0.2, 0.25) is 0 Å². The number of hydrogen-bond donors (Lipinski definition) is 2. The monoisotopic (exact) mass is 405 g/mol. The summed E-state index contributed by atoms with van der Waals surface area (Å²) in [6.07, 6.45) is 1.73. The predicted octanol–water partition coefficient (Wildman–Crippen LogP) is 6.01. The molecular formula is C26H19N3O2. The van der Waals surface area contributed by atoms with Crippen molar-refractivity contribution >= 4 is 39.0 Å². The molecule has 3 N–H and O–H groups in total. The van der Waals surface area contributed by atoms with Gasteiger partial charge in [-0.1, -0.05) is 36.4 Å². The molecule has 0 saturated heterocycles. The summed E-state index contributed by atoms with van der Waals surface area (Å²) < 4.78 is 6.15. The van der Waals surface area contributed by atoms with Crippen molar-refractivity contribution in [2.24, 2.45) is 0 Å². The molecule has 0 spiro atoms. The molecule has 0 aliphatic rings. The summed E-state index contributed by atoms with van der Waals surface area (Å²) >= 11 is 0. The molecule has 0 atom stereocenters. The van der Waals surface area contributed by atoms with E-state index in [0.717, 1.165) is 27.4 Å². The van der Waals surface area contributed by atoms with Crippen molar-refractivity contribution in [2.45, 2.75) is 0 Å². The first-order valence-corrected chi connectivity index (χ1v) is 9.89. The molecule has 5 heteroatoms. The summed E-state index contributed by atoms with van der Waals surface area (Å²) in [6.45, 7) is 0. The molecule has 1 aromatic heterocycles. The number of anilines is 2. The molecule has 31 heavy (non-hydrogen) atoms. The molecule has 0 radical (unpaired) electrons. The lowest BCUT2D eigenvalue weighted by atomic mass is 10.0. The van der Waals surface area contributed by atoms with Crippen LogP contribution in [-0.2, 0) is 0 Å². The maximum Gasteiger partial charge on any atom is 0.256 e. The Labute approximate surface area is 179 Å². The second-order valence-electron chi connectivity index (χ2n) is 7.16. The molecule has 0 aliphatic carbocycles. The largest absolute Gasteiger partial charge is 0.457 e. The van der Waals surface area contributed by atoms with Crippen LogP contribution in [0.25, 0.3) is 21.7 Å². The predicted molar refractivity (Wildman–Crippen MR) is 125 cm³/mol. The van der Waals surface area contributed by atoms with Gasteiger partial charge in [-0.3, -0.25) is 9.78 Å². The average Bonchev–Trinajstić information content (AvgIpc) is 2.80. The van der Waals surface area contributed by atoms with Gasteiger partial charge in [0.1, 0.15) is 11.5 Å². The van der Waals surface area contributed by atoms with Crippen LogP contribution in [0.5, 0.6) is 11.5 Å². The quantitative estimate of drug-likeness (QED) is 0.359. The Hall–Kier alpha value is -4.38. The third-order valence-electron chi connectivity index (χ3n) is 5.14. The highest BCUT2D eigenvalue weighted by Crippen LogP contribution is 2.31. The van der Waals surface area contributed by atoms with Gasteiger partial charge in [0, 0.05) is 17.1 Å². The van der Waals surface area contributed by atoms with E-state index in [4.69, 9.17) is 10.5 Å². The van der Waals surface area contributed by atoms with E-state index in [1.54, 1.807) is 24.4 Å². The Morgan fingerprint density at radius 2 is 1.68 bits per heavy atom. The molecule has 5 rings (SSSR count). The standard InChI is InChI=1S/C26H19N3O2/c27-22-9-2-4-11-24(22)29-26(30)20-8-5-6-17-16-18(12-13-19(17)20)31-25-14-15-28-23-10-3-1-7-21(23)25/h1-16H,27H2,(H,29,30). The van der Waals surface area contributed by atoms with Crippen molar-refractivity contribution in [3.63, 3.8) is 0 Å². The maximum atomic E-state index is 12.9. The molecule has 0 bridgehead atoms. The van der Waals surface area contributed by atoms with Gasteiger partial charge in [-0.2, -0.15) is 0 Å². The Balaban J connectivity index is 1.47. The Morgan fingerprint density at radius 1 is 0.839 bits per heavy atom. The highest BCUT2D eigenvalue weighted by Gasteiger charge is 2.12. The van der Waals surface area contributed by atoms with Crippen LogP contribution in [0.4, 0.5) is 11.4 Å². The summed E-state index contributed by atoms with van der Waals surface area (Å²) in [5.74, 6) is 1.21. The van der Waals surface area contributed by atoms with E-state index in [-0.39, 0.29) is 5.91 Å². The number of amides is 1. The van der Waals surface area contributed by atoms with Gasteiger partial charge in [0.25, 0.3) is 5.91 Å². The zero-order valence-corrected chi connectivity index (χ0v) is 16.6. The molecule has 0 fully saturated rings. The van der Waals surface area contributed by atoms with Crippen LogP contribution in [0.1, 0.15) is 10.4 Å². The van der Waals surface area contributed by atoms with E-state index in [0.29, 0.717) is 22.7 Å². The van der Waals surface area contributed by atoms with Gasteiger partial charge in [-0.05, 0) is 65.4 Å². The van der Waals surface area contributed by atoms with Crippen LogP contribution >= 0.6 is 0 Å². The highest BCUT2D eigenvalue weighted by molar-refractivity contribution is 6.13. The lowest BCUT2D eigenvalue weighted by Crippen LogP contribution is -2.13. The topological polar surface area (TPSA) is 77.2 Å². The second kappa shape index (κ2) is 7.80. The number of benzene rings is 4. The number of nitrogens with one attached hydrogen (secondary N) is 1. The van der Waals surface area contributed by atoms with Gasteiger partial charge in [0.15, 0.2) is 0 Å². The number of hydrogen-bond acceptors (Lipinski definition) is 4. The number of aromatic nitrogens is 1. The van der Waals surface area contributed by atoms with Crippen LogP contribution in [0.3, 0.4) is 0 Å². The van der Waals surface area contributed by atoms with Crippen molar-refractivity contribution in [1.29, 1.82) is 0 Å². The fraction of sp³-hybridized carbons (Fsp3) is 0. The third kappa shape index (κ3) is 3.65. The van der Waals surface area contributed by atoms with E-state index in [1.165, 1.54) is 0 Å². The van der Waals surface area contributed by atoms with Crippen LogP contribution in [0.15, 0.2) is 97.2 Å².